The van der Waals surface area contributed by atoms with Crippen molar-refractivity contribution in [1.29, 1.82) is 0 Å². The summed E-state index contributed by atoms with van der Waals surface area (Å²) in [5.74, 6) is -1.17. The highest BCUT2D eigenvalue weighted by Crippen LogP contribution is 2.19. The quantitative estimate of drug-likeness (QED) is 0.538. The topological polar surface area (TPSA) is 72.5 Å². The van der Waals surface area contributed by atoms with Gasteiger partial charge in [-0.3, -0.25) is 4.79 Å². The number of carbonyl (C=O) groups is 1. The van der Waals surface area contributed by atoms with Gasteiger partial charge in [0.05, 0.1) is 19.1 Å². The molecule has 0 radical (unpaired) electrons. The van der Waals surface area contributed by atoms with Crippen molar-refractivity contribution in [3.63, 3.8) is 0 Å². The molecule has 4 heteroatoms. The van der Waals surface area contributed by atoms with Crippen LogP contribution in [0.15, 0.2) is 0 Å². The zero-order valence-corrected chi connectivity index (χ0v) is 5.62. The lowest BCUT2D eigenvalue weighted by Crippen LogP contribution is -2.27. The van der Waals surface area contributed by atoms with Crippen molar-refractivity contribution in [3.05, 3.63) is 0 Å². The maximum absolute atomic E-state index is 10.4. The molecule has 1 rings (SSSR count). The molecule has 0 amide bonds. The third-order valence-electron chi connectivity index (χ3n) is 1.82. The minimum atomic E-state index is -0.798. The van der Waals surface area contributed by atoms with Crippen molar-refractivity contribution in [2.75, 3.05) is 19.8 Å². The Morgan fingerprint density at radius 1 is 1.70 bits per heavy atom. The monoisotopic (exact) mass is 145 g/mol. The SMILES string of the molecule is NC[C@@H]1COC[C@H]1C(=O)O. The second-order valence-electron chi connectivity index (χ2n) is 2.48. The van der Waals surface area contributed by atoms with Crippen molar-refractivity contribution in [3.8, 4) is 0 Å². The highest BCUT2D eigenvalue weighted by atomic mass is 16.5. The van der Waals surface area contributed by atoms with Crippen LogP contribution in [0.25, 0.3) is 0 Å². The number of carboxylic acids is 1. The summed E-state index contributed by atoms with van der Waals surface area (Å²) >= 11 is 0. The lowest BCUT2D eigenvalue weighted by atomic mass is 9.97. The van der Waals surface area contributed by atoms with E-state index >= 15 is 0 Å². The van der Waals surface area contributed by atoms with Gasteiger partial charge in [-0.15, -0.1) is 0 Å². The third kappa shape index (κ3) is 1.27. The van der Waals surface area contributed by atoms with Gasteiger partial charge in [-0.25, -0.2) is 0 Å². The summed E-state index contributed by atoms with van der Waals surface area (Å²) in [7, 11) is 0. The first kappa shape index (κ1) is 7.50. The van der Waals surface area contributed by atoms with Crippen LogP contribution in [0.5, 0.6) is 0 Å². The Kier molecular flexibility index (Phi) is 2.24. The molecule has 0 aliphatic carbocycles. The Morgan fingerprint density at radius 3 is 2.80 bits per heavy atom. The molecule has 0 aromatic rings. The molecule has 4 nitrogen and oxygen atoms in total. The summed E-state index contributed by atoms with van der Waals surface area (Å²) in [6, 6.07) is 0. The van der Waals surface area contributed by atoms with Crippen LogP contribution in [-0.2, 0) is 9.53 Å². The van der Waals surface area contributed by atoms with E-state index in [0.717, 1.165) is 0 Å². The fourth-order valence-corrected chi connectivity index (χ4v) is 1.10. The second-order valence-corrected chi connectivity index (χ2v) is 2.48. The van der Waals surface area contributed by atoms with Crippen LogP contribution < -0.4 is 5.73 Å². The highest BCUT2D eigenvalue weighted by Gasteiger charge is 2.32. The number of ether oxygens (including phenoxy) is 1. The zero-order chi connectivity index (χ0) is 7.56. The van der Waals surface area contributed by atoms with Gasteiger partial charge in [-0.2, -0.15) is 0 Å². The first-order chi connectivity index (χ1) is 4.75. The van der Waals surface area contributed by atoms with Gasteiger partial charge in [0.15, 0.2) is 0 Å². The third-order valence-corrected chi connectivity index (χ3v) is 1.82. The van der Waals surface area contributed by atoms with E-state index in [0.29, 0.717) is 19.8 Å². The summed E-state index contributed by atoms with van der Waals surface area (Å²) in [5.41, 5.74) is 5.32. The average Bonchev–Trinajstić information content (AvgIpc) is 2.33. The molecule has 0 saturated carbocycles. The summed E-state index contributed by atoms with van der Waals surface area (Å²) in [6.45, 7) is 1.21. The molecule has 10 heavy (non-hydrogen) atoms. The molecule has 2 atom stereocenters. The first-order valence-electron chi connectivity index (χ1n) is 3.26. The van der Waals surface area contributed by atoms with E-state index in [4.69, 9.17) is 15.6 Å². The largest absolute Gasteiger partial charge is 0.481 e. The number of rotatable bonds is 2. The lowest BCUT2D eigenvalue weighted by Gasteiger charge is -2.08. The van der Waals surface area contributed by atoms with Gasteiger partial charge in [0.1, 0.15) is 0 Å². The Balaban J connectivity index is 2.50. The van der Waals surface area contributed by atoms with Crippen LogP contribution in [0, 0.1) is 11.8 Å². The fraction of sp³-hybridized carbons (Fsp3) is 0.833. The van der Waals surface area contributed by atoms with Crippen molar-refractivity contribution in [2.24, 2.45) is 17.6 Å². The van der Waals surface area contributed by atoms with E-state index in [1.54, 1.807) is 0 Å². The van der Waals surface area contributed by atoms with Crippen LogP contribution in [0.3, 0.4) is 0 Å². The Bertz CT molecular complexity index is 137. The molecule has 0 aromatic heterocycles. The second kappa shape index (κ2) is 2.98. The predicted molar refractivity (Wildman–Crippen MR) is 34.5 cm³/mol. The summed E-state index contributed by atoms with van der Waals surface area (Å²) in [6.07, 6.45) is 0. The van der Waals surface area contributed by atoms with E-state index in [1.165, 1.54) is 0 Å². The lowest BCUT2D eigenvalue weighted by molar-refractivity contribution is -0.142. The van der Waals surface area contributed by atoms with E-state index in [2.05, 4.69) is 0 Å². The number of nitrogens with two attached hydrogens (primary N) is 1. The van der Waals surface area contributed by atoms with Crippen LogP contribution >= 0.6 is 0 Å². The van der Waals surface area contributed by atoms with E-state index in [1.807, 2.05) is 0 Å². The zero-order valence-electron chi connectivity index (χ0n) is 5.62. The number of hydrogen-bond donors (Lipinski definition) is 2. The molecule has 0 bridgehead atoms. The Morgan fingerprint density at radius 2 is 2.40 bits per heavy atom. The van der Waals surface area contributed by atoms with Crippen molar-refractivity contribution in [1.82, 2.24) is 0 Å². The van der Waals surface area contributed by atoms with E-state index in [-0.39, 0.29) is 11.8 Å². The van der Waals surface area contributed by atoms with Gasteiger partial charge < -0.3 is 15.6 Å². The molecule has 1 fully saturated rings. The molecule has 1 heterocycles. The predicted octanol–water partition coefficient (Wildman–Crippen LogP) is -0.708. The molecule has 1 aliphatic rings. The standard InChI is InChI=1S/C6H11NO3/c7-1-4-2-10-3-5(4)6(8)9/h4-5H,1-3,7H2,(H,8,9)/t4-,5-/m1/s1. The van der Waals surface area contributed by atoms with Crippen LogP contribution in [0.1, 0.15) is 0 Å². The fourth-order valence-electron chi connectivity index (χ4n) is 1.10. The molecule has 0 unspecified atom stereocenters. The van der Waals surface area contributed by atoms with Gasteiger partial charge in [0.2, 0.25) is 0 Å². The van der Waals surface area contributed by atoms with Crippen molar-refractivity contribution >= 4 is 5.97 Å². The molecular weight excluding hydrogens is 134 g/mol. The van der Waals surface area contributed by atoms with Crippen molar-refractivity contribution in [2.45, 2.75) is 0 Å². The summed E-state index contributed by atoms with van der Waals surface area (Å²) < 4.78 is 4.96. The number of hydrogen-bond acceptors (Lipinski definition) is 3. The molecule has 3 N–H and O–H groups in total. The smallest absolute Gasteiger partial charge is 0.309 e. The molecule has 1 saturated heterocycles. The van der Waals surface area contributed by atoms with Crippen LogP contribution in [0.2, 0.25) is 0 Å². The normalized spacial score (nSPS) is 32.5. The maximum atomic E-state index is 10.4. The van der Waals surface area contributed by atoms with E-state index < -0.39 is 5.97 Å². The van der Waals surface area contributed by atoms with Crippen molar-refractivity contribution < 1.29 is 14.6 Å². The molecule has 1 aliphatic heterocycles. The van der Waals surface area contributed by atoms with Gasteiger partial charge in [-0.05, 0) is 6.54 Å². The number of aliphatic carboxylic acids is 1. The summed E-state index contributed by atoms with van der Waals surface area (Å²) in [4.78, 5) is 10.4. The highest BCUT2D eigenvalue weighted by molar-refractivity contribution is 5.70. The van der Waals surface area contributed by atoms with Crippen LogP contribution in [0.4, 0.5) is 0 Å². The van der Waals surface area contributed by atoms with Crippen LogP contribution in [-0.4, -0.2) is 30.8 Å². The molecule has 0 spiro atoms. The van der Waals surface area contributed by atoms with Gasteiger partial charge in [0, 0.05) is 5.92 Å². The van der Waals surface area contributed by atoms with E-state index in [9.17, 15) is 4.79 Å². The average molecular weight is 145 g/mol. The minimum Gasteiger partial charge on any atom is -0.481 e. The van der Waals surface area contributed by atoms with Gasteiger partial charge in [-0.1, -0.05) is 0 Å². The Labute approximate surface area is 59.0 Å². The van der Waals surface area contributed by atoms with Gasteiger partial charge >= 0.3 is 5.97 Å². The Hall–Kier alpha value is -0.610. The molecular formula is C6H11NO3. The maximum Gasteiger partial charge on any atom is 0.309 e. The molecule has 0 aromatic carbocycles. The molecule has 58 valence electrons. The summed E-state index contributed by atoms with van der Waals surface area (Å²) in [5, 5.41) is 8.58. The number of carboxylic acid groups (broad SMARTS) is 1. The van der Waals surface area contributed by atoms with Gasteiger partial charge in [0.25, 0.3) is 0 Å². The first-order valence-corrected chi connectivity index (χ1v) is 3.26. The minimum absolute atomic E-state index is 0.0116.